The van der Waals surface area contributed by atoms with Crippen molar-refractivity contribution in [3.63, 3.8) is 0 Å². The van der Waals surface area contributed by atoms with Gasteiger partial charge in [-0.1, -0.05) is 0 Å². The molecule has 0 aliphatic rings. The number of aliphatic carboxylic acids is 4. The topological polar surface area (TPSA) is 195 Å². The van der Waals surface area contributed by atoms with Gasteiger partial charge in [0.05, 0.1) is 24.8 Å². The summed E-state index contributed by atoms with van der Waals surface area (Å²) in [6.07, 6.45) is -5.47. The molecule has 0 aromatic heterocycles. The quantitative estimate of drug-likeness (QED) is 0.342. The molecule has 0 aliphatic carbocycles. The van der Waals surface area contributed by atoms with Gasteiger partial charge in [0.1, 0.15) is 12.2 Å². The maximum atomic E-state index is 9.64. The van der Waals surface area contributed by atoms with Crippen LogP contribution in [-0.4, -0.2) is 56.5 Å². The Morgan fingerprint density at radius 3 is 1.05 bits per heavy atom. The van der Waals surface area contributed by atoms with Gasteiger partial charge in [0.25, 0.3) is 0 Å². The summed E-state index contributed by atoms with van der Waals surface area (Å²) in [5.41, 5.74) is 0. The van der Waals surface area contributed by atoms with Crippen molar-refractivity contribution in [1.29, 1.82) is 0 Å². The van der Waals surface area contributed by atoms with Gasteiger partial charge in [-0.2, -0.15) is 0 Å². The van der Waals surface area contributed by atoms with E-state index in [0.29, 0.717) is 0 Å². The average Bonchev–Trinajstić information content (AvgIpc) is 2.24. The molecule has 12 heteroatoms. The fourth-order valence-corrected chi connectivity index (χ4v) is 0.472. The molecule has 0 spiro atoms. The van der Waals surface area contributed by atoms with E-state index in [1.807, 2.05) is 0 Å². The first kappa shape index (κ1) is 28.0. The Bertz CT molecular complexity index is 299. The maximum absolute atomic E-state index is 9.64. The van der Waals surface area contributed by atoms with Crippen LogP contribution in [0.5, 0.6) is 0 Å². The van der Waals surface area contributed by atoms with Crippen molar-refractivity contribution in [1.82, 2.24) is 0 Å². The first-order valence-electron chi connectivity index (χ1n) is 4.31. The number of aliphatic hydroxyl groups excluding tert-OH is 2. The Labute approximate surface area is 157 Å². The van der Waals surface area contributed by atoms with Crippen LogP contribution < -0.4 is 69.3 Å². The molecule has 4 N–H and O–H groups in total. The van der Waals surface area contributed by atoms with E-state index in [0.717, 1.165) is 0 Å². The van der Waals surface area contributed by atoms with E-state index in [2.05, 4.69) is 0 Å². The van der Waals surface area contributed by atoms with E-state index in [-0.39, 0.29) is 72.0 Å². The minimum atomic E-state index is -2.44. The molecule has 0 aromatic rings. The van der Waals surface area contributed by atoms with Crippen molar-refractivity contribution in [2.45, 2.75) is 25.0 Å². The molecule has 0 amide bonds. The fourth-order valence-electron chi connectivity index (χ4n) is 0.472. The molecule has 2 unspecified atom stereocenters. The number of carbonyl (C=O) groups excluding carboxylic acids is 2. The summed E-state index contributed by atoms with van der Waals surface area (Å²) < 4.78 is 0. The van der Waals surface area contributed by atoms with E-state index < -0.39 is 36.1 Å². The minimum Gasteiger partial charge on any atom is -0.547 e. The average molecular weight is 312 g/mol. The summed E-state index contributed by atoms with van der Waals surface area (Å²) in [5, 5.41) is 51.5. The molecule has 0 saturated carbocycles. The molecule has 0 aliphatic heterocycles. The molecule has 0 radical (unpaired) electrons. The molecule has 0 bridgehead atoms. The van der Waals surface area contributed by atoms with Crippen LogP contribution in [0.2, 0.25) is 0 Å². The maximum Gasteiger partial charge on any atom is 1.00 e. The number of carbonyl (C=O) groups is 4. The van der Waals surface area contributed by atoms with E-state index in [4.69, 9.17) is 20.4 Å². The van der Waals surface area contributed by atoms with Crippen LogP contribution >= 0.6 is 0 Å². The first-order valence-corrected chi connectivity index (χ1v) is 4.31. The second-order valence-corrected chi connectivity index (χ2v) is 2.82. The number of hydrogen-bond donors (Lipinski definition) is 4. The molecule has 0 fully saturated rings. The summed E-state index contributed by atoms with van der Waals surface area (Å²) in [6.45, 7) is 0. The van der Waals surface area contributed by atoms with Crippen LogP contribution in [-0.2, 0) is 19.2 Å². The Morgan fingerprint density at radius 1 is 0.750 bits per heavy atom. The van der Waals surface area contributed by atoms with Gasteiger partial charge in [0.2, 0.25) is 0 Å². The van der Waals surface area contributed by atoms with E-state index in [9.17, 15) is 29.4 Å². The van der Waals surface area contributed by atoms with Crippen LogP contribution in [0.1, 0.15) is 12.8 Å². The van der Waals surface area contributed by atoms with Crippen molar-refractivity contribution >= 4 is 23.9 Å². The van der Waals surface area contributed by atoms with E-state index >= 15 is 0 Å². The van der Waals surface area contributed by atoms with Gasteiger partial charge in [-0.25, -0.2) is 0 Å². The Morgan fingerprint density at radius 2 is 0.950 bits per heavy atom. The summed E-state index contributed by atoms with van der Waals surface area (Å²) >= 11 is 0. The standard InChI is InChI=1S/C4H6O6.C4H6O4.2Na/c5-1(3(7)8)2(6)4(9)10;5-3(6)1-2-4(7)8;;/h1-2,5-6H,(H,7,8)(H,9,10);1-2H2,(H,5,6)(H,7,8);;/q;;2*+1/p-2. The van der Waals surface area contributed by atoms with Gasteiger partial charge in [-0.05, 0) is 0 Å². The molecule has 104 valence electrons. The van der Waals surface area contributed by atoms with Crippen molar-refractivity contribution < 1.29 is 109 Å². The molecule has 2 atom stereocenters. The number of rotatable bonds is 6. The first-order chi connectivity index (χ1) is 8.09. The summed E-state index contributed by atoms with van der Waals surface area (Å²) in [5.74, 6) is -6.27. The van der Waals surface area contributed by atoms with Crippen LogP contribution in [0.15, 0.2) is 0 Å². The molecule has 10 nitrogen and oxygen atoms in total. The molecular weight excluding hydrogens is 302 g/mol. The zero-order valence-electron chi connectivity index (χ0n) is 10.8. The van der Waals surface area contributed by atoms with Crippen molar-refractivity contribution in [2.24, 2.45) is 0 Å². The third-order valence-electron chi connectivity index (χ3n) is 1.33. The fraction of sp³-hybridized carbons (Fsp3) is 0.500. The predicted molar refractivity (Wildman–Crippen MR) is 46.5 cm³/mol. The summed E-state index contributed by atoms with van der Waals surface area (Å²) in [7, 11) is 0. The van der Waals surface area contributed by atoms with Crippen molar-refractivity contribution in [2.75, 3.05) is 0 Å². The van der Waals surface area contributed by atoms with E-state index in [1.54, 1.807) is 0 Å². The third-order valence-corrected chi connectivity index (χ3v) is 1.33. The molecular formula is C8H10Na2O10. The number of carboxylic acids is 4. The zero-order valence-corrected chi connectivity index (χ0v) is 14.8. The van der Waals surface area contributed by atoms with Gasteiger partial charge in [0.15, 0.2) is 0 Å². The molecule has 0 rings (SSSR count). The summed E-state index contributed by atoms with van der Waals surface area (Å²) in [6, 6.07) is 0. The second kappa shape index (κ2) is 15.2. The van der Waals surface area contributed by atoms with Crippen LogP contribution in [0, 0.1) is 0 Å². The zero-order chi connectivity index (χ0) is 14.9. The van der Waals surface area contributed by atoms with Gasteiger partial charge in [-0.3, -0.25) is 9.59 Å². The number of hydrogen-bond acceptors (Lipinski definition) is 8. The summed E-state index contributed by atoms with van der Waals surface area (Å²) in [4.78, 5) is 38.5. The van der Waals surface area contributed by atoms with Gasteiger partial charge < -0.3 is 40.2 Å². The van der Waals surface area contributed by atoms with Crippen LogP contribution in [0.3, 0.4) is 0 Å². The van der Waals surface area contributed by atoms with Gasteiger partial charge in [-0.15, -0.1) is 0 Å². The molecule has 20 heavy (non-hydrogen) atoms. The van der Waals surface area contributed by atoms with Crippen LogP contribution in [0.25, 0.3) is 0 Å². The van der Waals surface area contributed by atoms with Crippen molar-refractivity contribution in [3.8, 4) is 0 Å². The smallest absolute Gasteiger partial charge is 0.547 e. The molecule has 0 aromatic carbocycles. The largest absolute Gasteiger partial charge is 1.00 e. The SMILES string of the molecule is O=C(O)CCC(=O)O.O=C([O-])C(O)C(O)C(=O)[O-].[Na+].[Na+]. The van der Waals surface area contributed by atoms with Gasteiger partial charge >= 0.3 is 71.1 Å². The molecule has 0 heterocycles. The monoisotopic (exact) mass is 312 g/mol. The Hall–Kier alpha value is -0.200. The number of carboxylic acid groups (broad SMARTS) is 4. The van der Waals surface area contributed by atoms with Crippen molar-refractivity contribution in [3.05, 3.63) is 0 Å². The minimum absolute atomic E-state index is 0. The Balaban J connectivity index is -0.000000119. The number of aliphatic hydroxyl groups is 2. The normalized spacial score (nSPS) is 11.3. The second-order valence-electron chi connectivity index (χ2n) is 2.82. The molecule has 0 saturated heterocycles. The van der Waals surface area contributed by atoms with Crippen LogP contribution in [0.4, 0.5) is 0 Å². The third kappa shape index (κ3) is 17.8. The van der Waals surface area contributed by atoms with Gasteiger partial charge in [0, 0.05) is 0 Å². The predicted octanol–water partition coefficient (Wildman–Crippen LogP) is -10.8. The van der Waals surface area contributed by atoms with E-state index in [1.165, 1.54) is 0 Å². The Kier molecular flexibility index (Phi) is 21.3.